The number of unbranched alkanes of at least 4 members (excludes halogenated alkanes) is 38. The van der Waals surface area contributed by atoms with Gasteiger partial charge in [-0.2, -0.15) is 0 Å². The van der Waals surface area contributed by atoms with Gasteiger partial charge in [-0.15, -0.1) is 0 Å². The van der Waals surface area contributed by atoms with Crippen LogP contribution in [0.4, 0.5) is 0 Å². The highest BCUT2D eigenvalue weighted by atomic mass is 16.6. The summed E-state index contributed by atoms with van der Waals surface area (Å²) in [6.07, 6.45) is 79.4. The second-order valence-corrected chi connectivity index (χ2v) is 21.6. The van der Waals surface area contributed by atoms with E-state index in [-0.39, 0.29) is 31.1 Å². The summed E-state index contributed by atoms with van der Waals surface area (Å²) in [6, 6.07) is 0. The number of hydrogen-bond acceptors (Lipinski definition) is 6. The van der Waals surface area contributed by atoms with Crippen molar-refractivity contribution >= 4 is 17.9 Å². The quantitative estimate of drug-likeness (QED) is 0.0261. The molecule has 1 atom stereocenters. The van der Waals surface area contributed by atoms with Crippen molar-refractivity contribution in [3.63, 3.8) is 0 Å². The van der Waals surface area contributed by atoms with E-state index in [1.54, 1.807) is 0 Å². The summed E-state index contributed by atoms with van der Waals surface area (Å²) in [5.74, 6) is -0.867. The summed E-state index contributed by atoms with van der Waals surface area (Å²) in [7, 11) is 0. The molecule has 74 heavy (non-hydrogen) atoms. The van der Waals surface area contributed by atoms with Crippen LogP contribution in [0.25, 0.3) is 0 Å². The van der Waals surface area contributed by atoms with Gasteiger partial charge in [0.2, 0.25) is 0 Å². The van der Waals surface area contributed by atoms with Crippen molar-refractivity contribution in [2.24, 2.45) is 0 Å². The van der Waals surface area contributed by atoms with Crippen molar-refractivity contribution in [2.75, 3.05) is 13.2 Å². The molecule has 1 unspecified atom stereocenters. The van der Waals surface area contributed by atoms with E-state index in [0.717, 1.165) is 89.9 Å². The lowest BCUT2D eigenvalue weighted by molar-refractivity contribution is -0.167. The topological polar surface area (TPSA) is 78.9 Å². The minimum Gasteiger partial charge on any atom is -0.462 e. The molecule has 0 aliphatic carbocycles. The minimum atomic E-state index is -0.778. The molecule has 0 aromatic rings. The third-order valence-corrected chi connectivity index (χ3v) is 14.3. The lowest BCUT2D eigenvalue weighted by Crippen LogP contribution is -2.30. The number of allylic oxidation sites excluding steroid dienone is 10. The first kappa shape index (κ1) is 71.1. The van der Waals surface area contributed by atoms with E-state index >= 15 is 0 Å². The number of rotatable bonds is 59. The van der Waals surface area contributed by atoms with E-state index in [4.69, 9.17) is 14.2 Å². The van der Waals surface area contributed by atoms with Crippen LogP contribution >= 0.6 is 0 Å². The van der Waals surface area contributed by atoms with Crippen molar-refractivity contribution in [3.05, 3.63) is 60.8 Å². The molecule has 0 aromatic heterocycles. The van der Waals surface area contributed by atoms with Gasteiger partial charge in [-0.05, 0) is 83.5 Å². The van der Waals surface area contributed by atoms with E-state index in [9.17, 15) is 14.4 Å². The Balaban J connectivity index is 4.33. The number of esters is 3. The van der Waals surface area contributed by atoms with Crippen LogP contribution in [-0.2, 0) is 28.6 Å². The van der Waals surface area contributed by atoms with Gasteiger partial charge in [-0.3, -0.25) is 14.4 Å². The van der Waals surface area contributed by atoms with Crippen LogP contribution in [0.5, 0.6) is 0 Å². The molecular weight excluding hydrogens is 913 g/mol. The third-order valence-electron chi connectivity index (χ3n) is 14.3. The molecule has 0 aliphatic rings. The van der Waals surface area contributed by atoms with Crippen LogP contribution in [0.1, 0.15) is 335 Å². The Kier molecular flexibility index (Phi) is 60.2. The zero-order valence-electron chi connectivity index (χ0n) is 49.4. The summed E-state index contributed by atoms with van der Waals surface area (Å²) in [5.41, 5.74) is 0. The molecule has 0 fully saturated rings. The molecule has 0 rings (SSSR count). The zero-order valence-corrected chi connectivity index (χ0v) is 49.4. The summed E-state index contributed by atoms with van der Waals surface area (Å²) in [6.45, 7) is 6.56. The molecule has 0 N–H and O–H groups in total. The van der Waals surface area contributed by atoms with Gasteiger partial charge in [0.25, 0.3) is 0 Å². The highest BCUT2D eigenvalue weighted by Gasteiger charge is 2.19. The van der Waals surface area contributed by atoms with Crippen LogP contribution < -0.4 is 0 Å². The van der Waals surface area contributed by atoms with Gasteiger partial charge < -0.3 is 14.2 Å². The number of hydrogen-bond donors (Lipinski definition) is 0. The molecule has 0 amide bonds. The molecule has 0 bridgehead atoms. The second kappa shape index (κ2) is 62.6. The normalized spacial score (nSPS) is 12.4. The largest absolute Gasteiger partial charge is 0.462 e. The molecule has 6 heteroatoms. The fourth-order valence-corrected chi connectivity index (χ4v) is 9.43. The lowest BCUT2D eigenvalue weighted by Gasteiger charge is -2.18. The first-order chi connectivity index (χ1) is 36.5. The van der Waals surface area contributed by atoms with Crippen LogP contribution in [0.3, 0.4) is 0 Å². The molecule has 0 heterocycles. The molecule has 0 radical (unpaired) electrons. The average molecular weight is 1040 g/mol. The fourth-order valence-electron chi connectivity index (χ4n) is 9.43. The fraction of sp³-hybridized carbons (Fsp3) is 0.809. The van der Waals surface area contributed by atoms with Crippen molar-refractivity contribution in [1.29, 1.82) is 0 Å². The number of carbonyl (C=O) groups excluding carboxylic acids is 3. The van der Waals surface area contributed by atoms with Gasteiger partial charge in [0, 0.05) is 19.3 Å². The summed E-state index contributed by atoms with van der Waals surface area (Å²) >= 11 is 0. The van der Waals surface area contributed by atoms with E-state index < -0.39 is 6.10 Å². The third kappa shape index (κ3) is 60.0. The number of carbonyl (C=O) groups is 3. The monoisotopic (exact) mass is 1030 g/mol. The van der Waals surface area contributed by atoms with E-state index in [1.165, 1.54) is 205 Å². The van der Waals surface area contributed by atoms with Gasteiger partial charge in [0.1, 0.15) is 13.2 Å². The van der Waals surface area contributed by atoms with Crippen LogP contribution in [-0.4, -0.2) is 37.2 Å². The predicted octanol–water partition coefficient (Wildman–Crippen LogP) is 21.9. The summed E-state index contributed by atoms with van der Waals surface area (Å²) in [4.78, 5) is 38.3. The Bertz CT molecular complexity index is 1330. The SMILES string of the molecule is CC/C=C\C/C=C\C/C=C\C/C=C\CCCCCCCCCCCCC(=O)OCC(COC(=O)CCCCCCC/C=C\CCCCCCCC)OC(=O)CCCCCCCCCCCCCCCCCCCC. The zero-order chi connectivity index (χ0) is 53.6. The van der Waals surface area contributed by atoms with E-state index in [1.807, 2.05) is 0 Å². The Morgan fingerprint density at radius 2 is 0.527 bits per heavy atom. The van der Waals surface area contributed by atoms with Gasteiger partial charge in [-0.25, -0.2) is 0 Å². The van der Waals surface area contributed by atoms with Gasteiger partial charge in [-0.1, -0.05) is 293 Å². The van der Waals surface area contributed by atoms with Crippen LogP contribution in [0.15, 0.2) is 60.8 Å². The predicted molar refractivity (Wildman–Crippen MR) is 321 cm³/mol. The van der Waals surface area contributed by atoms with Gasteiger partial charge >= 0.3 is 17.9 Å². The van der Waals surface area contributed by atoms with Crippen molar-refractivity contribution in [1.82, 2.24) is 0 Å². The van der Waals surface area contributed by atoms with Crippen LogP contribution in [0.2, 0.25) is 0 Å². The maximum Gasteiger partial charge on any atom is 0.306 e. The maximum atomic E-state index is 12.9. The minimum absolute atomic E-state index is 0.0756. The molecule has 0 saturated carbocycles. The van der Waals surface area contributed by atoms with Crippen LogP contribution in [0, 0.1) is 0 Å². The Morgan fingerprint density at radius 1 is 0.284 bits per heavy atom. The molecule has 0 spiro atoms. The molecule has 0 aromatic carbocycles. The molecular formula is C68H122O6. The molecule has 6 nitrogen and oxygen atoms in total. The Hall–Kier alpha value is -2.89. The standard InChI is InChI=1S/C68H122O6/c1-4-7-10-13-16-19-22-25-28-30-32-33-34-35-36-38-40-43-46-49-52-55-58-61-67(70)73-64-65(63-72-66(69)60-57-54-51-48-45-42-39-27-24-21-18-15-12-9-6-3)74-68(71)62-59-56-53-50-47-44-41-37-31-29-26-23-20-17-14-11-8-5-2/h7,10,16,19,25,27-28,32-33,39,65H,4-6,8-9,11-15,17-18,20-24,26,29-31,34-38,40-64H2,1-3H3/b10-7-,19-16-,28-25-,33-32-,39-27-. The average Bonchev–Trinajstić information content (AvgIpc) is 3.40. The Labute approximate surface area is 460 Å². The molecule has 0 saturated heterocycles. The molecule has 0 aliphatic heterocycles. The smallest absolute Gasteiger partial charge is 0.306 e. The summed E-state index contributed by atoms with van der Waals surface area (Å²) < 4.78 is 16.9. The van der Waals surface area contributed by atoms with Crippen molar-refractivity contribution in [3.8, 4) is 0 Å². The molecule has 430 valence electrons. The Morgan fingerprint density at radius 3 is 0.838 bits per heavy atom. The van der Waals surface area contributed by atoms with Crippen molar-refractivity contribution < 1.29 is 28.6 Å². The van der Waals surface area contributed by atoms with Gasteiger partial charge in [0.15, 0.2) is 6.10 Å². The second-order valence-electron chi connectivity index (χ2n) is 21.6. The summed E-state index contributed by atoms with van der Waals surface area (Å²) in [5, 5.41) is 0. The van der Waals surface area contributed by atoms with E-state index in [2.05, 4.69) is 81.5 Å². The van der Waals surface area contributed by atoms with Crippen molar-refractivity contribution in [2.45, 2.75) is 341 Å². The van der Waals surface area contributed by atoms with E-state index in [0.29, 0.717) is 19.3 Å². The van der Waals surface area contributed by atoms with Gasteiger partial charge in [0.05, 0.1) is 0 Å². The highest BCUT2D eigenvalue weighted by molar-refractivity contribution is 5.71. The first-order valence-electron chi connectivity index (χ1n) is 32.3. The highest BCUT2D eigenvalue weighted by Crippen LogP contribution is 2.17. The maximum absolute atomic E-state index is 12.9. The first-order valence-corrected chi connectivity index (χ1v) is 32.3. The number of ether oxygens (including phenoxy) is 3. The lowest BCUT2D eigenvalue weighted by atomic mass is 10.0.